The van der Waals surface area contributed by atoms with Crippen LogP contribution in [-0.2, 0) is 14.8 Å². The minimum absolute atomic E-state index is 0.0373. The number of nitrogens with zero attached hydrogens (tertiary/aromatic N) is 1. The van der Waals surface area contributed by atoms with Gasteiger partial charge in [0.2, 0.25) is 10.0 Å². The van der Waals surface area contributed by atoms with E-state index in [1.54, 1.807) is 12.1 Å². The van der Waals surface area contributed by atoms with Gasteiger partial charge in [0.25, 0.3) is 0 Å². The lowest BCUT2D eigenvalue weighted by molar-refractivity contribution is 0.102. The number of sulfonamides is 1. The summed E-state index contributed by atoms with van der Waals surface area (Å²) >= 11 is 5.85. The van der Waals surface area contributed by atoms with Gasteiger partial charge in [0.15, 0.2) is 0 Å². The Kier molecular flexibility index (Phi) is 5.59. The van der Waals surface area contributed by atoms with E-state index in [0.717, 1.165) is 5.56 Å². The molecule has 1 aliphatic heterocycles. The van der Waals surface area contributed by atoms with E-state index in [9.17, 15) is 8.42 Å². The highest BCUT2D eigenvalue weighted by molar-refractivity contribution is 7.89. The van der Waals surface area contributed by atoms with Crippen LogP contribution >= 0.6 is 11.6 Å². The van der Waals surface area contributed by atoms with Crippen molar-refractivity contribution in [2.75, 3.05) is 12.4 Å². The Morgan fingerprint density at radius 1 is 1.38 bits per heavy atom. The lowest BCUT2D eigenvalue weighted by atomic mass is 10.0. The molecule has 1 aromatic carbocycles. The van der Waals surface area contributed by atoms with Gasteiger partial charge < -0.3 is 4.74 Å². The van der Waals surface area contributed by atoms with Crippen LogP contribution in [0.5, 0.6) is 0 Å². The van der Waals surface area contributed by atoms with Gasteiger partial charge in [-0.3, -0.25) is 0 Å². The third-order valence-corrected chi connectivity index (χ3v) is 5.06. The molecule has 5 nitrogen and oxygen atoms in total. The van der Waals surface area contributed by atoms with Crippen molar-refractivity contribution in [2.45, 2.75) is 31.4 Å². The van der Waals surface area contributed by atoms with Crippen molar-refractivity contribution in [3.63, 3.8) is 0 Å². The number of hydrogen-bond acceptors (Lipinski definition) is 4. The molecule has 0 amide bonds. The van der Waals surface area contributed by atoms with E-state index in [4.69, 9.17) is 21.6 Å². The molecular formula is C14H17ClN2O3S. The maximum atomic E-state index is 12.0. The van der Waals surface area contributed by atoms with Crippen molar-refractivity contribution in [3.8, 4) is 6.07 Å². The van der Waals surface area contributed by atoms with Gasteiger partial charge in [-0.2, -0.15) is 5.26 Å². The number of ether oxygens (including phenoxy) is 1. The zero-order valence-electron chi connectivity index (χ0n) is 11.5. The number of nitriles is 1. The Morgan fingerprint density at radius 3 is 2.76 bits per heavy atom. The van der Waals surface area contributed by atoms with E-state index in [1.165, 1.54) is 0 Å². The zero-order valence-corrected chi connectivity index (χ0v) is 13.0. The summed E-state index contributed by atoms with van der Waals surface area (Å²) in [5.41, 5.74) is 0.904. The molecule has 1 aliphatic rings. The molecule has 114 valence electrons. The Balaban J connectivity index is 2.02. The van der Waals surface area contributed by atoms with Crippen molar-refractivity contribution in [2.24, 2.45) is 0 Å². The molecule has 7 heteroatoms. The second kappa shape index (κ2) is 7.23. The number of nitrogens with one attached hydrogen (secondary N) is 1. The van der Waals surface area contributed by atoms with Crippen LogP contribution in [0.15, 0.2) is 24.3 Å². The van der Waals surface area contributed by atoms with Gasteiger partial charge in [-0.15, -0.1) is 0 Å². The molecule has 0 radical (unpaired) electrons. The van der Waals surface area contributed by atoms with Crippen molar-refractivity contribution in [1.29, 1.82) is 5.26 Å². The molecule has 21 heavy (non-hydrogen) atoms. The van der Waals surface area contributed by atoms with Gasteiger partial charge in [0, 0.05) is 18.1 Å². The highest BCUT2D eigenvalue weighted by Gasteiger charge is 2.32. The van der Waals surface area contributed by atoms with Crippen molar-refractivity contribution < 1.29 is 13.2 Å². The van der Waals surface area contributed by atoms with Crippen LogP contribution in [0.25, 0.3) is 0 Å². The SMILES string of the molecule is N#CCCCS(=O)(=O)N[C@H]1CCO[C@H]1c1ccc(Cl)cc1. The average molecular weight is 329 g/mol. The normalized spacial score (nSPS) is 22.1. The van der Waals surface area contributed by atoms with E-state index in [-0.39, 0.29) is 24.3 Å². The molecule has 0 spiro atoms. The molecule has 0 unspecified atom stereocenters. The summed E-state index contributed by atoms with van der Waals surface area (Å²) in [5, 5.41) is 9.09. The minimum Gasteiger partial charge on any atom is -0.372 e. The highest BCUT2D eigenvalue weighted by atomic mass is 35.5. The van der Waals surface area contributed by atoms with Gasteiger partial charge >= 0.3 is 0 Å². The zero-order chi connectivity index (χ0) is 15.3. The van der Waals surface area contributed by atoms with Crippen LogP contribution in [0.4, 0.5) is 0 Å². The summed E-state index contributed by atoms with van der Waals surface area (Å²) in [6, 6.07) is 8.87. The van der Waals surface area contributed by atoms with E-state index < -0.39 is 10.0 Å². The maximum absolute atomic E-state index is 12.0. The van der Waals surface area contributed by atoms with Crippen molar-refractivity contribution in [1.82, 2.24) is 4.72 Å². The molecule has 1 aromatic rings. The largest absolute Gasteiger partial charge is 0.372 e. The monoisotopic (exact) mass is 328 g/mol. The van der Waals surface area contributed by atoms with Crippen LogP contribution in [0, 0.1) is 11.3 Å². The average Bonchev–Trinajstić information content (AvgIpc) is 2.87. The van der Waals surface area contributed by atoms with Crippen LogP contribution in [-0.4, -0.2) is 26.8 Å². The standard InChI is InChI=1S/C14H17ClN2O3S/c15-12-5-3-11(4-6-12)14-13(7-9-20-14)17-21(18,19)10-2-1-8-16/h3-6,13-14,17H,1-2,7,9-10H2/t13-,14-/m0/s1. The lowest BCUT2D eigenvalue weighted by Gasteiger charge is -2.20. The van der Waals surface area contributed by atoms with Crippen LogP contribution in [0.2, 0.25) is 5.02 Å². The predicted octanol–water partition coefficient (Wildman–Crippen LogP) is 2.39. The first kappa shape index (κ1) is 16.2. The number of rotatable bonds is 6. The fourth-order valence-electron chi connectivity index (χ4n) is 2.32. The molecule has 1 saturated heterocycles. The molecule has 2 atom stereocenters. The second-order valence-electron chi connectivity index (χ2n) is 4.94. The third kappa shape index (κ3) is 4.68. The first-order chi connectivity index (χ1) is 10.0. The third-order valence-electron chi connectivity index (χ3n) is 3.32. The summed E-state index contributed by atoms with van der Waals surface area (Å²) in [6.45, 7) is 0.513. The number of unbranched alkanes of at least 4 members (excludes halogenated alkanes) is 1. The molecule has 0 saturated carbocycles. The summed E-state index contributed by atoms with van der Waals surface area (Å²) in [4.78, 5) is 0. The van der Waals surface area contributed by atoms with Crippen LogP contribution in [0.3, 0.4) is 0 Å². The predicted molar refractivity (Wildman–Crippen MR) is 80.3 cm³/mol. The van der Waals surface area contributed by atoms with Gasteiger partial charge in [-0.05, 0) is 30.5 Å². The first-order valence-corrected chi connectivity index (χ1v) is 8.79. The van der Waals surface area contributed by atoms with Crippen molar-refractivity contribution >= 4 is 21.6 Å². The molecule has 2 rings (SSSR count). The smallest absolute Gasteiger partial charge is 0.211 e. The van der Waals surface area contributed by atoms with E-state index in [2.05, 4.69) is 4.72 Å². The summed E-state index contributed by atoms with van der Waals surface area (Å²) in [7, 11) is -3.39. The van der Waals surface area contributed by atoms with Crippen LogP contribution in [0.1, 0.15) is 30.9 Å². The lowest BCUT2D eigenvalue weighted by Crippen LogP contribution is -2.38. The van der Waals surface area contributed by atoms with Gasteiger partial charge in [0.05, 0.1) is 24.0 Å². The van der Waals surface area contributed by atoms with Crippen molar-refractivity contribution in [3.05, 3.63) is 34.9 Å². The Hall–Kier alpha value is -1.13. The van der Waals surface area contributed by atoms with Crippen LogP contribution < -0.4 is 4.72 Å². The van der Waals surface area contributed by atoms with E-state index in [0.29, 0.717) is 24.5 Å². The fraction of sp³-hybridized carbons (Fsp3) is 0.500. The summed E-state index contributed by atoms with van der Waals surface area (Å²) < 4.78 is 32.3. The number of hydrogen-bond donors (Lipinski definition) is 1. The second-order valence-corrected chi connectivity index (χ2v) is 7.25. The quantitative estimate of drug-likeness (QED) is 0.813. The first-order valence-electron chi connectivity index (χ1n) is 6.76. The van der Waals surface area contributed by atoms with Gasteiger partial charge in [-0.25, -0.2) is 13.1 Å². The molecule has 1 heterocycles. The Bertz CT molecular complexity index is 610. The topological polar surface area (TPSA) is 79.2 Å². The van der Waals surface area contributed by atoms with Gasteiger partial charge in [0.1, 0.15) is 0 Å². The number of benzene rings is 1. The van der Waals surface area contributed by atoms with E-state index >= 15 is 0 Å². The fourth-order valence-corrected chi connectivity index (χ4v) is 3.79. The summed E-state index contributed by atoms with van der Waals surface area (Å²) in [6.07, 6.45) is 0.909. The summed E-state index contributed by atoms with van der Waals surface area (Å²) in [5.74, 6) is -0.0373. The van der Waals surface area contributed by atoms with Gasteiger partial charge in [-0.1, -0.05) is 23.7 Å². The number of halogens is 1. The molecule has 0 aliphatic carbocycles. The Labute approximate surface area is 129 Å². The molecular weight excluding hydrogens is 312 g/mol. The molecule has 0 aromatic heterocycles. The minimum atomic E-state index is -3.39. The molecule has 0 bridgehead atoms. The molecule has 1 fully saturated rings. The highest BCUT2D eigenvalue weighted by Crippen LogP contribution is 2.30. The maximum Gasteiger partial charge on any atom is 0.211 e. The van der Waals surface area contributed by atoms with E-state index in [1.807, 2.05) is 18.2 Å². The Morgan fingerprint density at radius 2 is 2.10 bits per heavy atom. The molecule has 1 N–H and O–H groups in total.